The predicted octanol–water partition coefficient (Wildman–Crippen LogP) is 1.25. The zero-order valence-corrected chi connectivity index (χ0v) is 14.0. The third-order valence-corrected chi connectivity index (χ3v) is 4.20. The molecule has 1 atom stereocenters. The Hall–Kier alpha value is -1.86. The van der Waals surface area contributed by atoms with E-state index in [1.165, 1.54) is 27.1 Å². The number of aliphatic carboxylic acids is 1. The smallest absolute Gasteiger partial charge is 0.325 e. The molecule has 128 valence electrons. The summed E-state index contributed by atoms with van der Waals surface area (Å²) in [7, 11) is 4.81. The summed E-state index contributed by atoms with van der Waals surface area (Å²) in [5.41, 5.74) is 0.532. The van der Waals surface area contributed by atoms with Gasteiger partial charge in [-0.2, -0.15) is 4.98 Å². The van der Waals surface area contributed by atoms with Crippen LogP contribution in [-0.4, -0.2) is 73.3 Å². The number of likely N-dealkylation sites (tertiary alicyclic amines) is 1. The molecule has 2 heterocycles. The summed E-state index contributed by atoms with van der Waals surface area (Å²) in [4.78, 5) is 20.2. The average molecular weight is 323 g/mol. The van der Waals surface area contributed by atoms with Crippen molar-refractivity contribution < 1.29 is 19.4 Å². The molecule has 0 unspecified atom stereocenters. The van der Waals surface area contributed by atoms with E-state index in [1.54, 1.807) is 12.1 Å². The number of carboxylic acids is 1. The van der Waals surface area contributed by atoms with Crippen molar-refractivity contribution in [2.45, 2.75) is 18.9 Å². The number of nitrogens with zero attached hydrogens (tertiary/aromatic N) is 3. The van der Waals surface area contributed by atoms with Crippen molar-refractivity contribution in [3.8, 4) is 11.8 Å². The van der Waals surface area contributed by atoms with Crippen LogP contribution in [0.2, 0.25) is 0 Å². The van der Waals surface area contributed by atoms with Crippen LogP contribution in [-0.2, 0) is 4.79 Å². The quantitative estimate of drug-likeness (QED) is 0.771. The molecular formula is C16H25N3O4. The monoisotopic (exact) mass is 323 g/mol. The standard InChI is InChI=1S/C16H25N3O4/c1-18(10-11-19-8-4-5-9-19)14(16(20)21)12-6-7-13(22-2)17-15(12)23-3/h6-7,14H,4-5,8-11H2,1-3H3,(H,20,21)/t14-/m1/s1. The lowest BCUT2D eigenvalue weighted by Gasteiger charge is -2.27. The first-order chi connectivity index (χ1) is 11.1. The van der Waals surface area contributed by atoms with Gasteiger partial charge in [0.2, 0.25) is 11.8 Å². The Labute approximate surface area is 136 Å². The Bertz CT molecular complexity index is 532. The maximum Gasteiger partial charge on any atom is 0.325 e. The molecule has 0 amide bonds. The van der Waals surface area contributed by atoms with Crippen molar-refractivity contribution in [2.75, 3.05) is 47.4 Å². The Morgan fingerprint density at radius 2 is 2.04 bits per heavy atom. The first kappa shape index (κ1) is 17.5. The SMILES string of the molecule is COc1ccc([C@H](C(=O)O)N(C)CCN2CCCC2)c(OC)n1. The molecule has 0 radical (unpaired) electrons. The Balaban J connectivity index is 2.14. The number of rotatable bonds is 8. The first-order valence-electron chi connectivity index (χ1n) is 7.81. The number of pyridine rings is 1. The molecule has 1 aliphatic heterocycles. The third kappa shape index (κ3) is 4.33. The molecule has 1 aliphatic rings. The molecule has 1 aromatic heterocycles. The van der Waals surface area contributed by atoms with Crippen molar-refractivity contribution in [2.24, 2.45) is 0 Å². The molecule has 0 saturated carbocycles. The van der Waals surface area contributed by atoms with Crippen molar-refractivity contribution in [1.29, 1.82) is 0 Å². The van der Waals surface area contributed by atoms with Gasteiger partial charge in [0.25, 0.3) is 0 Å². The minimum atomic E-state index is -0.917. The van der Waals surface area contributed by atoms with E-state index in [2.05, 4.69) is 9.88 Å². The lowest BCUT2D eigenvalue weighted by atomic mass is 10.1. The number of hydrogen-bond acceptors (Lipinski definition) is 6. The van der Waals surface area contributed by atoms with Gasteiger partial charge in [-0.15, -0.1) is 0 Å². The first-order valence-corrected chi connectivity index (χ1v) is 7.81. The van der Waals surface area contributed by atoms with Crippen LogP contribution in [0.4, 0.5) is 0 Å². The Morgan fingerprint density at radius 3 is 2.61 bits per heavy atom. The van der Waals surface area contributed by atoms with Crippen LogP contribution in [0.1, 0.15) is 24.4 Å². The molecule has 1 aromatic rings. The van der Waals surface area contributed by atoms with Gasteiger partial charge >= 0.3 is 5.97 Å². The summed E-state index contributed by atoms with van der Waals surface area (Å²) in [6, 6.07) is 2.56. The molecule has 1 N–H and O–H groups in total. The van der Waals surface area contributed by atoms with Crippen LogP contribution >= 0.6 is 0 Å². The third-order valence-electron chi connectivity index (χ3n) is 4.20. The Kier molecular flexibility index (Phi) is 6.18. The molecule has 7 nitrogen and oxygen atoms in total. The fourth-order valence-corrected chi connectivity index (χ4v) is 2.91. The normalized spacial score (nSPS) is 16.5. The van der Waals surface area contributed by atoms with E-state index in [-0.39, 0.29) is 5.88 Å². The number of carbonyl (C=O) groups is 1. The summed E-state index contributed by atoms with van der Waals surface area (Å²) in [5, 5.41) is 9.67. The van der Waals surface area contributed by atoms with Gasteiger partial charge in [0.05, 0.1) is 14.2 Å². The topological polar surface area (TPSA) is 75.1 Å². The van der Waals surface area contributed by atoms with E-state index in [4.69, 9.17) is 9.47 Å². The van der Waals surface area contributed by atoms with E-state index in [0.717, 1.165) is 19.6 Å². The minimum Gasteiger partial charge on any atom is -0.481 e. The van der Waals surface area contributed by atoms with Gasteiger partial charge in [-0.05, 0) is 39.0 Å². The minimum absolute atomic E-state index is 0.282. The van der Waals surface area contributed by atoms with E-state index in [0.29, 0.717) is 18.0 Å². The number of likely N-dealkylation sites (N-methyl/N-ethyl adjacent to an activating group) is 1. The molecule has 23 heavy (non-hydrogen) atoms. The maximum atomic E-state index is 11.8. The summed E-state index contributed by atoms with van der Waals surface area (Å²) in [6.07, 6.45) is 2.45. The molecular weight excluding hydrogens is 298 g/mol. The number of carboxylic acid groups (broad SMARTS) is 1. The number of ether oxygens (including phenoxy) is 2. The lowest BCUT2D eigenvalue weighted by molar-refractivity contribution is -0.143. The predicted molar refractivity (Wildman–Crippen MR) is 86.0 cm³/mol. The van der Waals surface area contributed by atoms with Crippen LogP contribution in [0.5, 0.6) is 11.8 Å². The highest BCUT2D eigenvalue weighted by Gasteiger charge is 2.29. The van der Waals surface area contributed by atoms with Crippen LogP contribution in [0, 0.1) is 0 Å². The molecule has 0 bridgehead atoms. The van der Waals surface area contributed by atoms with Crippen molar-refractivity contribution in [3.63, 3.8) is 0 Å². The maximum absolute atomic E-state index is 11.8. The largest absolute Gasteiger partial charge is 0.481 e. The van der Waals surface area contributed by atoms with Crippen molar-refractivity contribution in [3.05, 3.63) is 17.7 Å². The van der Waals surface area contributed by atoms with E-state index >= 15 is 0 Å². The highest BCUT2D eigenvalue weighted by atomic mass is 16.5. The van der Waals surface area contributed by atoms with Gasteiger partial charge in [0, 0.05) is 24.7 Å². The summed E-state index contributed by atoms with van der Waals surface area (Å²) < 4.78 is 10.3. The van der Waals surface area contributed by atoms with Crippen LogP contribution in [0.25, 0.3) is 0 Å². The van der Waals surface area contributed by atoms with Gasteiger partial charge in [-0.25, -0.2) is 0 Å². The Morgan fingerprint density at radius 1 is 1.35 bits per heavy atom. The summed E-state index contributed by atoms with van der Waals surface area (Å²) >= 11 is 0. The molecule has 0 spiro atoms. The van der Waals surface area contributed by atoms with Crippen LogP contribution < -0.4 is 9.47 Å². The highest BCUT2D eigenvalue weighted by molar-refractivity contribution is 5.76. The van der Waals surface area contributed by atoms with Crippen LogP contribution in [0.3, 0.4) is 0 Å². The van der Waals surface area contributed by atoms with Gasteiger partial charge in [0.1, 0.15) is 6.04 Å². The van der Waals surface area contributed by atoms with E-state index < -0.39 is 12.0 Å². The molecule has 7 heteroatoms. The lowest BCUT2D eigenvalue weighted by Crippen LogP contribution is -2.37. The molecule has 0 aromatic carbocycles. The van der Waals surface area contributed by atoms with Gasteiger partial charge in [0.15, 0.2) is 0 Å². The fourth-order valence-electron chi connectivity index (χ4n) is 2.91. The number of aromatic nitrogens is 1. The number of methoxy groups -OCH3 is 2. The second-order valence-electron chi connectivity index (χ2n) is 5.72. The highest BCUT2D eigenvalue weighted by Crippen LogP contribution is 2.29. The second-order valence-corrected chi connectivity index (χ2v) is 5.72. The summed E-state index contributed by atoms with van der Waals surface area (Å²) in [5.74, 6) is -0.238. The van der Waals surface area contributed by atoms with Gasteiger partial charge in [-0.1, -0.05) is 0 Å². The van der Waals surface area contributed by atoms with Crippen LogP contribution in [0.15, 0.2) is 12.1 Å². The zero-order valence-electron chi connectivity index (χ0n) is 14.0. The van der Waals surface area contributed by atoms with Gasteiger partial charge < -0.3 is 19.5 Å². The molecule has 1 fully saturated rings. The molecule has 1 saturated heterocycles. The average Bonchev–Trinajstić information content (AvgIpc) is 3.06. The zero-order chi connectivity index (χ0) is 16.8. The molecule has 0 aliphatic carbocycles. The van der Waals surface area contributed by atoms with Gasteiger partial charge in [-0.3, -0.25) is 9.69 Å². The second kappa shape index (κ2) is 8.12. The van der Waals surface area contributed by atoms with Crippen molar-refractivity contribution in [1.82, 2.24) is 14.8 Å². The van der Waals surface area contributed by atoms with E-state index in [1.807, 2.05) is 11.9 Å². The van der Waals surface area contributed by atoms with E-state index in [9.17, 15) is 9.90 Å². The molecule has 2 rings (SSSR count). The number of hydrogen-bond donors (Lipinski definition) is 1. The fraction of sp³-hybridized carbons (Fsp3) is 0.625. The summed E-state index contributed by atoms with van der Waals surface area (Å²) in [6.45, 7) is 3.73. The van der Waals surface area contributed by atoms with Crippen molar-refractivity contribution >= 4 is 5.97 Å².